The fourth-order valence-corrected chi connectivity index (χ4v) is 2.94. The number of thiophene rings is 1. The first-order valence-corrected chi connectivity index (χ1v) is 7.05. The first-order chi connectivity index (χ1) is 9.00. The highest BCUT2D eigenvalue weighted by molar-refractivity contribution is 7.17. The molecule has 20 heavy (non-hydrogen) atoms. The van der Waals surface area contributed by atoms with Crippen molar-refractivity contribution in [1.29, 1.82) is 0 Å². The molecule has 2 N–H and O–H groups in total. The van der Waals surface area contributed by atoms with Gasteiger partial charge >= 0.3 is 5.00 Å². The summed E-state index contributed by atoms with van der Waals surface area (Å²) in [5, 5.41) is 16.8. The van der Waals surface area contributed by atoms with Gasteiger partial charge in [-0.25, -0.2) is 0 Å². The standard InChI is InChI=1S/C12H17N3O3S.ClH/c1-12(5-2-6-13-7-12)8-14-11(16)9-3-4-10(19-9)15(17)18;/h3-4,13H,2,5-8H2,1H3,(H,14,16);1H. The third-order valence-electron chi connectivity index (χ3n) is 3.36. The van der Waals surface area contributed by atoms with Gasteiger partial charge in [0.1, 0.15) is 0 Å². The van der Waals surface area contributed by atoms with Crippen molar-refractivity contribution in [3.05, 3.63) is 27.1 Å². The van der Waals surface area contributed by atoms with Gasteiger partial charge in [0.2, 0.25) is 0 Å². The maximum Gasteiger partial charge on any atom is 0.324 e. The summed E-state index contributed by atoms with van der Waals surface area (Å²) in [5.41, 5.74) is 0.0666. The van der Waals surface area contributed by atoms with Crippen molar-refractivity contribution in [2.75, 3.05) is 19.6 Å². The third-order valence-corrected chi connectivity index (χ3v) is 4.39. The first kappa shape index (κ1) is 16.9. The van der Waals surface area contributed by atoms with Crippen LogP contribution in [0, 0.1) is 15.5 Å². The zero-order chi connectivity index (χ0) is 13.9. The maximum atomic E-state index is 11.9. The summed E-state index contributed by atoms with van der Waals surface area (Å²) in [4.78, 5) is 22.4. The van der Waals surface area contributed by atoms with Gasteiger partial charge in [0.05, 0.1) is 9.80 Å². The van der Waals surface area contributed by atoms with Crippen LogP contribution in [0.2, 0.25) is 0 Å². The molecule has 1 aliphatic rings. The van der Waals surface area contributed by atoms with Crippen LogP contribution in [0.15, 0.2) is 12.1 Å². The van der Waals surface area contributed by atoms with Crippen molar-refractivity contribution in [2.45, 2.75) is 19.8 Å². The molecule has 1 aliphatic heterocycles. The van der Waals surface area contributed by atoms with Crippen LogP contribution in [0.3, 0.4) is 0 Å². The topological polar surface area (TPSA) is 84.3 Å². The summed E-state index contributed by atoms with van der Waals surface area (Å²) in [6.45, 7) is 4.64. The van der Waals surface area contributed by atoms with Crippen molar-refractivity contribution in [3.8, 4) is 0 Å². The number of nitro groups is 1. The van der Waals surface area contributed by atoms with Crippen LogP contribution in [0.5, 0.6) is 0 Å². The number of carbonyl (C=O) groups excluding carboxylic acids is 1. The van der Waals surface area contributed by atoms with E-state index in [0.29, 0.717) is 11.4 Å². The van der Waals surface area contributed by atoms with E-state index in [1.165, 1.54) is 12.1 Å². The van der Waals surface area contributed by atoms with Gasteiger partial charge in [-0.3, -0.25) is 14.9 Å². The Morgan fingerprint density at radius 2 is 2.35 bits per heavy atom. The first-order valence-electron chi connectivity index (χ1n) is 6.23. The third kappa shape index (κ3) is 4.16. The Morgan fingerprint density at radius 1 is 1.60 bits per heavy atom. The second-order valence-electron chi connectivity index (χ2n) is 5.17. The lowest BCUT2D eigenvalue weighted by Crippen LogP contribution is -2.45. The molecule has 112 valence electrons. The highest BCUT2D eigenvalue weighted by Gasteiger charge is 2.27. The molecule has 6 nitrogen and oxygen atoms in total. The van der Waals surface area contributed by atoms with Crippen LogP contribution in [-0.2, 0) is 0 Å². The Morgan fingerprint density at radius 3 is 2.90 bits per heavy atom. The predicted octanol–water partition coefficient (Wildman–Crippen LogP) is 2.20. The second-order valence-corrected chi connectivity index (χ2v) is 6.23. The Kier molecular flexibility index (Phi) is 5.91. The number of rotatable bonds is 4. The van der Waals surface area contributed by atoms with Gasteiger partial charge < -0.3 is 10.6 Å². The molecular formula is C12H18ClN3O3S. The van der Waals surface area contributed by atoms with E-state index < -0.39 is 4.92 Å². The minimum Gasteiger partial charge on any atom is -0.351 e. The van der Waals surface area contributed by atoms with Gasteiger partial charge in [0.15, 0.2) is 0 Å². The van der Waals surface area contributed by atoms with E-state index in [2.05, 4.69) is 17.6 Å². The predicted molar refractivity (Wildman–Crippen MR) is 80.8 cm³/mol. The Balaban J connectivity index is 0.00000200. The minimum atomic E-state index is -0.478. The molecule has 2 heterocycles. The van der Waals surface area contributed by atoms with E-state index >= 15 is 0 Å². The van der Waals surface area contributed by atoms with E-state index in [-0.39, 0.29) is 28.7 Å². The lowest BCUT2D eigenvalue weighted by Gasteiger charge is -2.34. The molecule has 0 aliphatic carbocycles. The minimum absolute atomic E-state index is 0. The van der Waals surface area contributed by atoms with Gasteiger partial charge in [-0.2, -0.15) is 0 Å². The van der Waals surface area contributed by atoms with E-state index in [9.17, 15) is 14.9 Å². The molecule has 1 atom stereocenters. The fourth-order valence-electron chi connectivity index (χ4n) is 2.20. The fraction of sp³-hybridized carbons (Fsp3) is 0.583. The van der Waals surface area contributed by atoms with E-state index in [4.69, 9.17) is 0 Å². The van der Waals surface area contributed by atoms with E-state index in [0.717, 1.165) is 37.3 Å². The van der Waals surface area contributed by atoms with Gasteiger partial charge in [-0.15, -0.1) is 12.4 Å². The summed E-state index contributed by atoms with van der Waals surface area (Å²) in [6, 6.07) is 2.86. The van der Waals surface area contributed by atoms with Crippen molar-refractivity contribution in [2.24, 2.45) is 5.41 Å². The molecule has 0 aromatic carbocycles. The molecular weight excluding hydrogens is 302 g/mol. The molecule has 1 aromatic rings. The maximum absolute atomic E-state index is 11.9. The average Bonchev–Trinajstić information content (AvgIpc) is 2.87. The summed E-state index contributed by atoms with van der Waals surface area (Å²) in [6.07, 6.45) is 2.18. The van der Waals surface area contributed by atoms with Gasteiger partial charge in [0, 0.05) is 19.2 Å². The number of piperidine rings is 1. The van der Waals surface area contributed by atoms with E-state index in [1.807, 2.05) is 0 Å². The van der Waals surface area contributed by atoms with E-state index in [1.54, 1.807) is 0 Å². The largest absolute Gasteiger partial charge is 0.351 e. The number of amides is 1. The number of hydrogen-bond acceptors (Lipinski definition) is 5. The molecule has 0 radical (unpaired) electrons. The van der Waals surface area contributed by atoms with Crippen LogP contribution in [0.1, 0.15) is 29.4 Å². The lowest BCUT2D eigenvalue weighted by atomic mass is 9.83. The number of nitrogens with one attached hydrogen (secondary N) is 2. The van der Waals surface area contributed by atoms with Crippen molar-refractivity contribution >= 4 is 34.7 Å². The molecule has 8 heteroatoms. The Bertz CT molecular complexity index is 486. The Hall–Kier alpha value is -1.18. The molecule has 1 amide bonds. The number of hydrogen-bond donors (Lipinski definition) is 2. The number of carbonyl (C=O) groups is 1. The SMILES string of the molecule is CC1(CNC(=O)c2ccc([N+](=O)[O-])s2)CCCNC1.Cl. The zero-order valence-electron chi connectivity index (χ0n) is 11.2. The molecule has 1 unspecified atom stereocenters. The normalized spacial score (nSPS) is 21.9. The van der Waals surface area contributed by atoms with Gasteiger partial charge in [-0.1, -0.05) is 18.3 Å². The van der Waals surface area contributed by atoms with Crippen molar-refractivity contribution < 1.29 is 9.72 Å². The number of halogens is 1. The number of nitrogens with zero attached hydrogens (tertiary/aromatic N) is 1. The summed E-state index contributed by atoms with van der Waals surface area (Å²) < 4.78 is 0. The quantitative estimate of drug-likeness (QED) is 0.658. The summed E-state index contributed by atoms with van der Waals surface area (Å²) in [7, 11) is 0. The van der Waals surface area contributed by atoms with Crippen LogP contribution in [0.4, 0.5) is 5.00 Å². The monoisotopic (exact) mass is 319 g/mol. The summed E-state index contributed by atoms with van der Waals surface area (Å²) >= 11 is 0.908. The molecule has 0 saturated carbocycles. The van der Waals surface area contributed by atoms with Gasteiger partial charge in [0.25, 0.3) is 5.91 Å². The zero-order valence-corrected chi connectivity index (χ0v) is 12.8. The summed E-state index contributed by atoms with van der Waals surface area (Å²) in [5.74, 6) is -0.232. The highest BCUT2D eigenvalue weighted by Crippen LogP contribution is 2.26. The molecule has 1 aromatic heterocycles. The Labute approximate surface area is 127 Å². The smallest absolute Gasteiger partial charge is 0.324 e. The molecule has 1 fully saturated rings. The van der Waals surface area contributed by atoms with Crippen molar-refractivity contribution in [3.63, 3.8) is 0 Å². The average molecular weight is 320 g/mol. The lowest BCUT2D eigenvalue weighted by molar-refractivity contribution is -0.380. The molecule has 0 spiro atoms. The van der Waals surface area contributed by atoms with Crippen LogP contribution >= 0.6 is 23.7 Å². The van der Waals surface area contributed by atoms with Crippen molar-refractivity contribution in [1.82, 2.24) is 10.6 Å². The molecule has 0 bridgehead atoms. The van der Waals surface area contributed by atoms with Crippen LogP contribution in [0.25, 0.3) is 0 Å². The van der Waals surface area contributed by atoms with Crippen LogP contribution < -0.4 is 10.6 Å². The molecule has 2 rings (SSSR count). The molecule has 1 saturated heterocycles. The second kappa shape index (κ2) is 7.01. The van der Waals surface area contributed by atoms with Crippen LogP contribution in [-0.4, -0.2) is 30.5 Å². The van der Waals surface area contributed by atoms with Gasteiger partial charge in [-0.05, 0) is 30.9 Å². The highest BCUT2D eigenvalue weighted by atomic mass is 35.5.